The van der Waals surface area contributed by atoms with E-state index in [1.165, 1.54) is 39.8 Å². The number of para-hydroxylation sites is 2. The highest BCUT2D eigenvalue weighted by atomic mass is 15.0. The van der Waals surface area contributed by atoms with Crippen LogP contribution in [0.4, 0.5) is 5.69 Å². The Bertz CT molecular complexity index is 785. The van der Waals surface area contributed by atoms with Crippen LogP contribution in [-0.4, -0.2) is 4.98 Å². The molecule has 1 aliphatic heterocycles. The summed E-state index contributed by atoms with van der Waals surface area (Å²) in [5.41, 5.74) is 6.76. The minimum absolute atomic E-state index is 0.376. The van der Waals surface area contributed by atoms with Gasteiger partial charge in [-0.25, -0.2) is 0 Å². The van der Waals surface area contributed by atoms with E-state index in [0.717, 1.165) is 12.8 Å². The Morgan fingerprint density at radius 1 is 1.05 bits per heavy atom. The number of nitrogens with one attached hydrogen (secondary N) is 2. The Labute approximate surface area is 125 Å². The highest BCUT2D eigenvalue weighted by Gasteiger charge is 2.24. The van der Waals surface area contributed by atoms with Crippen LogP contribution in [0.2, 0.25) is 0 Å². The van der Waals surface area contributed by atoms with Crippen molar-refractivity contribution in [1.29, 1.82) is 0 Å². The number of hydrogen-bond donors (Lipinski definition) is 2. The zero-order valence-electron chi connectivity index (χ0n) is 12.3. The van der Waals surface area contributed by atoms with E-state index < -0.39 is 0 Å². The van der Waals surface area contributed by atoms with E-state index in [4.69, 9.17) is 0 Å². The minimum Gasteiger partial charge on any atom is -0.377 e. The molecular formula is C19H20N2. The Balaban J connectivity index is 1.94. The number of fused-ring (bicyclic) bond motifs is 4. The van der Waals surface area contributed by atoms with Gasteiger partial charge in [0.25, 0.3) is 0 Å². The summed E-state index contributed by atoms with van der Waals surface area (Å²) in [4.78, 5) is 3.66. The molecule has 1 aliphatic rings. The second-order valence-corrected chi connectivity index (χ2v) is 5.88. The molecule has 1 unspecified atom stereocenters. The standard InChI is InChI=1S/C19H20N2/c1-2-7-18-19-15(14-9-4-6-11-17(14)21-19)12-13-8-3-5-10-16(13)20-18/h3-6,8-11,18,20-21H,2,7,12H2,1H3. The molecule has 1 atom stereocenters. The molecule has 3 aromatic rings. The maximum atomic E-state index is 3.75. The molecule has 0 saturated carbocycles. The van der Waals surface area contributed by atoms with E-state index >= 15 is 0 Å². The van der Waals surface area contributed by atoms with Crippen molar-refractivity contribution in [1.82, 2.24) is 4.98 Å². The van der Waals surface area contributed by atoms with Crippen molar-refractivity contribution >= 4 is 16.6 Å². The van der Waals surface area contributed by atoms with Gasteiger partial charge >= 0.3 is 0 Å². The maximum absolute atomic E-state index is 3.75. The van der Waals surface area contributed by atoms with E-state index in [9.17, 15) is 0 Å². The lowest BCUT2D eigenvalue weighted by Gasteiger charge is -2.18. The van der Waals surface area contributed by atoms with E-state index in [2.05, 4.69) is 65.8 Å². The molecule has 4 rings (SSSR count). The molecule has 2 aromatic carbocycles. The predicted octanol–water partition coefficient (Wildman–Crippen LogP) is 5.03. The number of H-pyrrole nitrogens is 1. The molecule has 0 saturated heterocycles. The van der Waals surface area contributed by atoms with Gasteiger partial charge in [0.05, 0.1) is 6.04 Å². The summed E-state index contributed by atoms with van der Waals surface area (Å²) in [6, 6.07) is 17.7. The van der Waals surface area contributed by atoms with E-state index in [0.29, 0.717) is 6.04 Å². The van der Waals surface area contributed by atoms with Crippen LogP contribution in [-0.2, 0) is 6.42 Å². The number of benzene rings is 2. The summed E-state index contributed by atoms with van der Waals surface area (Å²) in [6.07, 6.45) is 3.32. The van der Waals surface area contributed by atoms with Crippen LogP contribution in [0.5, 0.6) is 0 Å². The first kappa shape index (κ1) is 12.5. The normalized spacial score (nSPS) is 16.9. The molecule has 2 N–H and O–H groups in total. The molecular weight excluding hydrogens is 256 g/mol. The van der Waals surface area contributed by atoms with Gasteiger partial charge in [0.1, 0.15) is 0 Å². The topological polar surface area (TPSA) is 27.8 Å². The summed E-state index contributed by atoms with van der Waals surface area (Å²) in [6.45, 7) is 2.25. The molecule has 2 nitrogen and oxygen atoms in total. The van der Waals surface area contributed by atoms with Crippen LogP contribution < -0.4 is 5.32 Å². The van der Waals surface area contributed by atoms with Crippen molar-refractivity contribution in [2.45, 2.75) is 32.2 Å². The summed E-state index contributed by atoms with van der Waals surface area (Å²) < 4.78 is 0. The minimum atomic E-state index is 0.376. The van der Waals surface area contributed by atoms with Gasteiger partial charge in [-0.05, 0) is 29.7 Å². The second kappa shape index (κ2) is 4.96. The Hall–Kier alpha value is -2.22. The third-order valence-corrected chi connectivity index (χ3v) is 4.49. The van der Waals surface area contributed by atoms with Crippen LogP contribution in [0.3, 0.4) is 0 Å². The third-order valence-electron chi connectivity index (χ3n) is 4.49. The van der Waals surface area contributed by atoms with Crippen molar-refractivity contribution in [3.8, 4) is 0 Å². The van der Waals surface area contributed by atoms with Gasteiger partial charge in [0.2, 0.25) is 0 Å². The Morgan fingerprint density at radius 2 is 1.86 bits per heavy atom. The number of aromatic nitrogens is 1. The Kier molecular flexibility index (Phi) is 2.95. The molecule has 106 valence electrons. The smallest absolute Gasteiger partial charge is 0.0666 e. The van der Waals surface area contributed by atoms with E-state index in [1.807, 2.05) is 0 Å². The molecule has 0 radical (unpaired) electrons. The predicted molar refractivity (Wildman–Crippen MR) is 88.8 cm³/mol. The number of hydrogen-bond acceptors (Lipinski definition) is 1. The molecule has 2 heteroatoms. The number of anilines is 1. The van der Waals surface area contributed by atoms with Gasteiger partial charge in [-0.15, -0.1) is 0 Å². The van der Waals surface area contributed by atoms with Crippen LogP contribution in [0.15, 0.2) is 48.5 Å². The fraction of sp³-hybridized carbons (Fsp3) is 0.263. The third kappa shape index (κ3) is 2.02. The molecule has 0 fully saturated rings. The van der Waals surface area contributed by atoms with Crippen LogP contribution >= 0.6 is 0 Å². The lowest BCUT2D eigenvalue weighted by atomic mass is 9.99. The summed E-state index contributed by atoms with van der Waals surface area (Å²) >= 11 is 0. The largest absolute Gasteiger partial charge is 0.377 e. The molecule has 0 amide bonds. The van der Waals surface area contributed by atoms with Gasteiger partial charge in [0.15, 0.2) is 0 Å². The van der Waals surface area contributed by atoms with Gasteiger partial charge < -0.3 is 10.3 Å². The summed E-state index contributed by atoms with van der Waals surface area (Å²) in [5.74, 6) is 0. The lowest BCUT2D eigenvalue weighted by molar-refractivity contribution is 0.664. The van der Waals surface area contributed by atoms with Crippen LogP contribution in [0, 0.1) is 0 Å². The fourth-order valence-corrected chi connectivity index (χ4v) is 3.48. The van der Waals surface area contributed by atoms with Crippen molar-refractivity contribution in [3.05, 3.63) is 65.4 Å². The highest BCUT2D eigenvalue weighted by Crippen LogP contribution is 2.37. The van der Waals surface area contributed by atoms with Gasteiger partial charge in [-0.2, -0.15) is 0 Å². The fourth-order valence-electron chi connectivity index (χ4n) is 3.48. The van der Waals surface area contributed by atoms with Crippen molar-refractivity contribution in [3.63, 3.8) is 0 Å². The summed E-state index contributed by atoms with van der Waals surface area (Å²) in [7, 11) is 0. The first-order chi connectivity index (χ1) is 10.4. The van der Waals surface area contributed by atoms with Gasteiger partial charge in [-0.1, -0.05) is 49.7 Å². The molecule has 2 heterocycles. The van der Waals surface area contributed by atoms with E-state index in [1.54, 1.807) is 0 Å². The van der Waals surface area contributed by atoms with Crippen LogP contribution in [0.25, 0.3) is 10.9 Å². The van der Waals surface area contributed by atoms with Crippen molar-refractivity contribution in [2.24, 2.45) is 0 Å². The maximum Gasteiger partial charge on any atom is 0.0666 e. The Morgan fingerprint density at radius 3 is 2.76 bits per heavy atom. The summed E-state index contributed by atoms with van der Waals surface area (Å²) in [5, 5.41) is 5.11. The number of rotatable bonds is 2. The van der Waals surface area contributed by atoms with Gasteiger partial charge in [0, 0.05) is 28.7 Å². The molecule has 0 spiro atoms. The second-order valence-electron chi connectivity index (χ2n) is 5.88. The monoisotopic (exact) mass is 276 g/mol. The van der Waals surface area contributed by atoms with Crippen LogP contribution in [0.1, 0.15) is 42.6 Å². The van der Waals surface area contributed by atoms with Crippen molar-refractivity contribution in [2.75, 3.05) is 5.32 Å². The lowest BCUT2D eigenvalue weighted by Crippen LogP contribution is -2.10. The first-order valence-corrected chi connectivity index (χ1v) is 7.80. The first-order valence-electron chi connectivity index (χ1n) is 7.80. The van der Waals surface area contributed by atoms with Crippen molar-refractivity contribution < 1.29 is 0 Å². The van der Waals surface area contributed by atoms with Gasteiger partial charge in [-0.3, -0.25) is 0 Å². The quantitative estimate of drug-likeness (QED) is 0.675. The zero-order valence-corrected chi connectivity index (χ0v) is 12.3. The molecule has 0 aliphatic carbocycles. The molecule has 1 aromatic heterocycles. The average Bonchev–Trinajstić information content (AvgIpc) is 2.80. The average molecular weight is 276 g/mol. The highest BCUT2D eigenvalue weighted by molar-refractivity contribution is 5.86. The number of aromatic amines is 1. The SMILES string of the molecule is CCCC1Nc2ccccc2Cc2c1[nH]c1ccccc21. The molecule has 21 heavy (non-hydrogen) atoms. The zero-order chi connectivity index (χ0) is 14.2. The molecule has 0 bridgehead atoms. The van der Waals surface area contributed by atoms with E-state index in [-0.39, 0.29) is 0 Å².